The Morgan fingerprint density at radius 2 is 1.54 bits per heavy atom. The van der Waals surface area contributed by atoms with Gasteiger partial charge in [0.15, 0.2) is 21.5 Å². The Hall–Kier alpha value is -3.01. The fourth-order valence-electron chi connectivity index (χ4n) is 1.90. The number of benzene rings is 2. The molecule has 0 aromatic heterocycles. The van der Waals surface area contributed by atoms with Crippen LogP contribution in [0.1, 0.15) is 0 Å². The molecule has 0 fully saturated rings. The van der Waals surface area contributed by atoms with Crippen molar-refractivity contribution in [3.8, 4) is 0 Å². The van der Waals surface area contributed by atoms with Gasteiger partial charge in [-0.15, -0.1) is 0 Å². The molecule has 2 aromatic rings. The van der Waals surface area contributed by atoms with Crippen molar-refractivity contribution in [3.05, 3.63) is 54.1 Å². The molecule has 7 nitrogen and oxygen atoms in total. The Morgan fingerprint density at radius 1 is 0.923 bits per heavy atom. The zero-order valence-electron chi connectivity index (χ0n) is 13.5. The van der Waals surface area contributed by atoms with E-state index < -0.39 is 40.0 Å². The van der Waals surface area contributed by atoms with E-state index in [2.05, 4.69) is 16.0 Å². The second-order valence-electron chi connectivity index (χ2n) is 5.28. The quantitative estimate of drug-likeness (QED) is 0.736. The third-order valence-electron chi connectivity index (χ3n) is 3.15. The SMILES string of the molecule is CS(=O)(=O)c1ccc(NC(=O)NCC(=O)Nc2ccc(F)c(F)c2)cc1. The maximum absolute atomic E-state index is 13.0. The Kier molecular flexibility index (Phi) is 5.88. The lowest BCUT2D eigenvalue weighted by molar-refractivity contribution is -0.115. The fraction of sp³-hybridized carbons (Fsp3) is 0.125. The number of anilines is 2. The summed E-state index contributed by atoms with van der Waals surface area (Å²) >= 11 is 0. The second kappa shape index (κ2) is 7.91. The molecule has 2 rings (SSSR count). The van der Waals surface area contributed by atoms with Crippen molar-refractivity contribution in [2.45, 2.75) is 4.90 Å². The van der Waals surface area contributed by atoms with E-state index in [1.807, 2.05) is 0 Å². The van der Waals surface area contributed by atoms with E-state index in [0.29, 0.717) is 5.69 Å². The van der Waals surface area contributed by atoms with Crippen molar-refractivity contribution in [2.75, 3.05) is 23.4 Å². The number of urea groups is 1. The molecule has 2 aromatic carbocycles. The van der Waals surface area contributed by atoms with Crippen molar-refractivity contribution < 1.29 is 26.8 Å². The molecule has 3 N–H and O–H groups in total. The van der Waals surface area contributed by atoms with Gasteiger partial charge in [-0.2, -0.15) is 0 Å². The average Bonchev–Trinajstić information content (AvgIpc) is 2.56. The molecule has 0 radical (unpaired) electrons. The molecule has 0 saturated carbocycles. The van der Waals surface area contributed by atoms with Crippen LogP contribution in [-0.2, 0) is 14.6 Å². The highest BCUT2D eigenvalue weighted by Crippen LogP contribution is 2.14. The number of sulfone groups is 1. The van der Waals surface area contributed by atoms with Crippen LogP contribution in [0.4, 0.5) is 25.0 Å². The molecule has 0 spiro atoms. The molecule has 0 aliphatic rings. The number of rotatable bonds is 5. The van der Waals surface area contributed by atoms with E-state index in [9.17, 15) is 26.8 Å². The molecule has 0 heterocycles. The maximum atomic E-state index is 13.0. The molecule has 138 valence electrons. The van der Waals surface area contributed by atoms with Crippen LogP contribution in [0.25, 0.3) is 0 Å². The van der Waals surface area contributed by atoms with Gasteiger partial charge in [0.2, 0.25) is 5.91 Å². The van der Waals surface area contributed by atoms with Crippen LogP contribution in [0.3, 0.4) is 0 Å². The minimum Gasteiger partial charge on any atom is -0.329 e. The highest BCUT2D eigenvalue weighted by Gasteiger charge is 2.10. The van der Waals surface area contributed by atoms with Crippen LogP contribution in [0.2, 0.25) is 0 Å². The number of nitrogens with one attached hydrogen (secondary N) is 3. The van der Waals surface area contributed by atoms with Gasteiger partial charge in [0.1, 0.15) is 0 Å². The summed E-state index contributed by atoms with van der Waals surface area (Å²) in [6.45, 7) is -0.410. The minimum absolute atomic E-state index is 0.0486. The van der Waals surface area contributed by atoms with E-state index in [4.69, 9.17) is 0 Å². The van der Waals surface area contributed by atoms with Crippen LogP contribution < -0.4 is 16.0 Å². The van der Waals surface area contributed by atoms with Gasteiger partial charge in [-0.1, -0.05) is 0 Å². The summed E-state index contributed by atoms with van der Waals surface area (Å²) in [6, 6.07) is 7.63. The molecular weight excluding hydrogens is 368 g/mol. The third-order valence-corrected chi connectivity index (χ3v) is 4.28. The molecule has 0 bridgehead atoms. The molecular formula is C16H15F2N3O4S. The normalized spacial score (nSPS) is 10.9. The van der Waals surface area contributed by atoms with E-state index in [1.54, 1.807) is 0 Å². The summed E-state index contributed by atoms with van der Waals surface area (Å²) in [4.78, 5) is 23.5. The van der Waals surface area contributed by atoms with Gasteiger partial charge in [0.25, 0.3) is 0 Å². The number of hydrogen-bond donors (Lipinski definition) is 3. The van der Waals surface area contributed by atoms with E-state index in [1.165, 1.54) is 30.3 Å². The predicted octanol–water partition coefficient (Wildman–Crippen LogP) is 2.13. The van der Waals surface area contributed by atoms with Crippen LogP contribution in [0.15, 0.2) is 47.4 Å². The molecule has 0 unspecified atom stereocenters. The summed E-state index contributed by atoms with van der Waals surface area (Å²) in [7, 11) is -3.34. The Balaban J connectivity index is 1.84. The van der Waals surface area contributed by atoms with Gasteiger partial charge < -0.3 is 16.0 Å². The standard InChI is InChI=1S/C16H15F2N3O4S/c1-26(24,25)12-5-2-10(3-6-12)21-16(23)19-9-15(22)20-11-4-7-13(17)14(18)8-11/h2-8H,9H2,1H3,(H,20,22)(H2,19,21,23). The van der Waals surface area contributed by atoms with Crippen molar-refractivity contribution in [1.29, 1.82) is 0 Å². The summed E-state index contributed by atoms with van der Waals surface area (Å²) < 4.78 is 48.5. The average molecular weight is 383 g/mol. The van der Waals surface area contributed by atoms with Crippen LogP contribution in [0.5, 0.6) is 0 Å². The van der Waals surface area contributed by atoms with Crippen molar-refractivity contribution >= 4 is 33.2 Å². The Morgan fingerprint density at radius 3 is 2.12 bits per heavy atom. The van der Waals surface area contributed by atoms with Crippen molar-refractivity contribution in [1.82, 2.24) is 5.32 Å². The first-order chi connectivity index (χ1) is 12.1. The summed E-state index contributed by atoms with van der Waals surface area (Å²) in [5, 5.41) is 6.99. The Bertz CT molecular complexity index is 931. The van der Waals surface area contributed by atoms with E-state index in [-0.39, 0.29) is 10.6 Å². The largest absolute Gasteiger partial charge is 0.329 e. The zero-order chi connectivity index (χ0) is 19.3. The minimum atomic E-state index is -3.34. The monoisotopic (exact) mass is 383 g/mol. The lowest BCUT2D eigenvalue weighted by atomic mass is 10.3. The number of halogens is 2. The van der Waals surface area contributed by atoms with Gasteiger partial charge in [-0.05, 0) is 36.4 Å². The van der Waals surface area contributed by atoms with Gasteiger partial charge in [-0.3, -0.25) is 4.79 Å². The van der Waals surface area contributed by atoms with Crippen LogP contribution in [-0.4, -0.2) is 33.2 Å². The van der Waals surface area contributed by atoms with E-state index >= 15 is 0 Å². The first kappa shape index (κ1) is 19.3. The first-order valence-corrected chi connectivity index (χ1v) is 9.14. The van der Waals surface area contributed by atoms with E-state index in [0.717, 1.165) is 18.4 Å². The van der Waals surface area contributed by atoms with Crippen molar-refractivity contribution in [2.24, 2.45) is 0 Å². The van der Waals surface area contributed by atoms with Crippen LogP contribution in [0, 0.1) is 11.6 Å². The summed E-state index contributed by atoms with van der Waals surface area (Å²) in [6.07, 6.45) is 1.06. The second-order valence-corrected chi connectivity index (χ2v) is 7.30. The van der Waals surface area contributed by atoms with Gasteiger partial charge in [0, 0.05) is 23.7 Å². The fourth-order valence-corrected chi connectivity index (χ4v) is 2.53. The third kappa shape index (κ3) is 5.52. The smallest absolute Gasteiger partial charge is 0.319 e. The molecule has 26 heavy (non-hydrogen) atoms. The number of carbonyl (C=O) groups is 2. The molecule has 0 saturated heterocycles. The van der Waals surface area contributed by atoms with Crippen LogP contribution >= 0.6 is 0 Å². The molecule has 0 atom stereocenters. The topological polar surface area (TPSA) is 104 Å². The number of carbonyl (C=O) groups excluding carboxylic acids is 2. The summed E-state index contributed by atoms with van der Waals surface area (Å²) in [5.74, 6) is -2.79. The number of hydrogen-bond acceptors (Lipinski definition) is 4. The summed E-state index contributed by atoms with van der Waals surface area (Å²) in [5.41, 5.74) is 0.378. The molecule has 10 heteroatoms. The van der Waals surface area contributed by atoms with Crippen molar-refractivity contribution in [3.63, 3.8) is 0 Å². The first-order valence-electron chi connectivity index (χ1n) is 7.25. The highest BCUT2D eigenvalue weighted by molar-refractivity contribution is 7.90. The van der Waals surface area contributed by atoms with Gasteiger partial charge in [0.05, 0.1) is 11.4 Å². The van der Waals surface area contributed by atoms with Gasteiger partial charge in [-0.25, -0.2) is 22.0 Å². The predicted molar refractivity (Wildman–Crippen MR) is 91.6 cm³/mol. The maximum Gasteiger partial charge on any atom is 0.319 e. The Labute approximate surface area is 148 Å². The molecule has 0 aliphatic heterocycles. The number of amides is 3. The van der Waals surface area contributed by atoms with Gasteiger partial charge >= 0.3 is 6.03 Å². The lowest BCUT2D eigenvalue weighted by Gasteiger charge is -2.09. The lowest BCUT2D eigenvalue weighted by Crippen LogP contribution is -2.35. The zero-order valence-corrected chi connectivity index (χ0v) is 14.4. The molecule has 0 aliphatic carbocycles. The molecule has 3 amide bonds. The highest BCUT2D eigenvalue weighted by atomic mass is 32.2.